The Hall–Kier alpha value is -7.63. The summed E-state index contributed by atoms with van der Waals surface area (Å²) in [5.74, 6) is 0.646. The number of rotatable bonds is 6. The second-order valence-electron chi connectivity index (χ2n) is 13.5. The smallest absolute Gasteiger partial charge is 0.166 e. The van der Waals surface area contributed by atoms with Crippen LogP contribution in [0.2, 0.25) is 0 Å². The maximum Gasteiger partial charge on any atom is 0.166 e. The molecule has 5 nitrogen and oxygen atoms in total. The third-order valence-electron chi connectivity index (χ3n) is 10.2. The molecule has 0 spiro atoms. The Morgan fingerprint density at radius 2 is 0.929 bits per heavy atom. The van der Waals surface area contributed by atoms with Gasteiger partial charge in [0.2, 0.25) is 0 Å². The molecule has 0 amide bonds. The fraction of sp³-hybridized carbons (Fsp3) is 0. The summed E-state index contributed by atoms with van der Waals surface area (Å²) in [6.07, 6.45) is 0. The van der Waals surface area contributed by atoms with Crippen LogP contribution in [-0.2, 0) is 0 Å². The number of nitrogens with zero attached hydrogens (tertiary/aromatic N) is 4. The van der Waals surface area contributed by atoms with Crippen molar-refractivity contribution < 1.29 is 14.0 Å². The molecule has 8 aromatic carbocycles. The number of para-hydroxylation sites is 2. The first-order valence-corrected chi connectivity index (χ1v) is 18.2. The van der Waals surface area contributed by atoms with E-state index in [9.17, 15) is 5.48 Å². The maximum absolute atomic E-state index is 9.54. The molecule has 0 aliphatic rings. The van der Waals surface area contributed by atoms with E-state index in [1.807, 2.05) is 146 Å². The molecular weight excluding hydrogens is 685 g/mol. The van der Waals surface area contributed by atoms with Crippen LogP contribution in [0.25, 0.3) is 106 Å². The van der Waals surface area contributed by atoms with Crippen molar-refractivity contribution in [1.82, 2.24) is 19.5 Å². The molecule has 0 unspecified atom stereocenters. The summed E-state index contributed by atoms with van der Waals surface area (Å²) in [4.78, 5) is 14.9. The summed E-state index contributed by atoms with van der Waals surface area (Å²) in [6.45, 7) is 0. The minimum atomic E-state index is -0.483. The van der Waals surface area contributed by atoms with Crippen LogP contribution in [0, 0.1) is 0 Å². The van der Waals surface area contributed by atoms with Crippen molar-refractivity contribution in [3.8, 4) is 62.1 Å². The van der Waals surface area contributed by atoms with Crippen LogP contribution in [-0.4, -0.2) is 19.5 Å². The summed E-state index contributed by atoms with van der Waals surface area (Å²) >= 11 is 0. The van der Waals surface area contributed by atoms with Crippen molar-refractivity contribution in [2.75, 3.05) is 0 Å². The molecule has 0 aliphatic heterocycles. The second kappa shape index (κ2) is 13.0. The Morgan fingerprint density at radius 3 is 1.64 bits per heavy atom. The van der Waals surface area contributed by atoms with E-state index >= 15 is 0 Å². The maximum atomic E-state index is 9.54. The quantitative estimate of drug-likeness (QED) is 0.171. The zero-order chi connectivity index (χ0) is 43.1. The van der Waals surface area contributed by atoms with Gasteiger partial charge < -0.3 is 8.98 Å². The van der Waals surface area contributed by atoms with Crippen molar-refractivity contribution in [3.63, 3.8) is 0 Å². The molecule has 56 heavy (non-hydrogen) atoms. The minimum absolute atomic E-state index is 0.0343. The lowest BCUT2D eigenvalue weighted by Crippen LogP contribution is -2.02. The standard InChI is InChI=1S/C51H32N4O/c1-4-13-33(14-5-1)35-23-25-37(26-24-35)50-52-49(36-17-8-3-9-18-36)53-51(54-50)44-21-12-20-43-40-19-10-11-22-45(40)55(48(43)44)39-28-30-42-41-29-27-38(34-15-6-2-7-16-34)31-46(41)56-47(42)32-39/h1-32H/i10D,11D,12D,19D,20D,21D,22D. The first-order chi connectivity index (χ1) is 30.7. The number of fused-ring (bicyclic) bond motifs is 6. The van der Waals surface area contributed by atoms with Gasteiger partial charge in [-0.2, -0.15) is 0 Å². The second-order valence-corrected chi connectivity index (χ2v) is 13.5. The molecule has 0 fully saturated rings. The number of hydrogen-bond acceptors (Lipinski definition) is 4. The van der Waals surface area contributed by atoms with Crippen molar-refractivity contribution >= 4 is 43.7 Å². The van der Waals surface area contributed by atoms with Gasteiger partial charge in [0.1, 0.15) is 11.2 Å². The van der Waals surface area contributed by atoms with Crippen molar-refractivity contribution in [2.24, 2.45) is 0 Å². The molecule has 0 aliphatic carbocycles. The Morgan fingerprint density at radius 1 is 0.411 bits per heavy atom. The number of benzene rings is 8. The SMILES string of the molecule is [2H]c1c([2H])c([2H])c2c(c1[2H])c1c([2H])c([2H])c([2H])c(-c3nc(-c4ccccc4)nc(-c4ccc(-c5ccccc5)cc4)n3)c1n2-c1ccc2c(c1)oc1cc(-c3ccccc3)ccc12. The van der Waals surface area contributed by atoms with Gasteiger partial charge in [0.05, 0.1) is 20.6 Å². The monoisotopic (exact) mass is 723 g/mol. The predicted molar refractivity (Wildman–Crippen MR) is 229 cm³/mol. The zero-order valence-corrected chi connectivity index (χ0v) is 29.6. The van der Waals surface area contributed by atoms with Gasteiger partial charge >= 0.3 is 0 Å². The van der Waals surface area contributed by atoms with Crippen LogP contribution in [0.15, 0.2) is 198 Å². The molecule has 0 N–H and O–H groups in total. The van der Waals surface area contributed by atoms with Gasteiger partial charge in [-0.15, -0.1) is 0 Å². The molecule has 0 saturated carbocycles. The first kappa shape index (κ1) is 25.4. The van der Waals surface area contributed by atoms with Crippen molar-refractivity contribution in [1.29, 1.82) is 0 Å². The number of hydrogen-bond donors (Lipinski definition) is 0. The highest BCUT2D eigenvalue weighted by atomic mass is 16.3. The van der Waals surface area contributed by atoms with Crippen molar-refractivity contribution in [2.45, 2.75) is 0 Å². The molecule has 5 heteroatoms. The fourth-order valence-corrected chi connectivity index (χ4v) is 7.48. The van der Waals surface area contributed by atoms with Gasteiger partial charge in [0.15, 0.2) is 17.5 Å². The average Bonchev–Trinajstić information content (AvgIpc) is 3.88. The van der Waals surface area contributed by atoms with Crippen LogP contribution in [0.4, 0.5) is 0 Å². The number of aromatic nitrogens is 4. The largest absolute Gasteiger partial charge is 0.456 e. The lowest BCUT2D eigenvalue weighted by molar-refractivity contribution is 0.669. The van der Waals surface area contributed by atoms with E-state index < -0.39 is 18.1 Å². The van der Waals surface area contributed by atoms with Gasteiger partial charge in [-0.25, -0.2) is 15.0 Å². The van der Waals surface area contributed by atoms with Gasteiger partial charge in [0, 0.05) is 50.0 Å². The summed E-state index contributed by atoms with van der Waals surface area (Å²) in [7, 11) is 0. The highest BCUT2D eigenvalue weighted by Gasteiger charge is 2.21. The van der Waals surface area contributed by atoms with Crippen LogP contribution in [0.3, 0.4) is 0 Å². The van der Waals surface area contributed by atoms with E-state index in [1.54, 1.807) is 10.6 Å². The molecular formula is C51H32N4O. The Kier molecular flexibility index (Phi) is 5.92. The lowest BCUT2D eigenvalue weighted by atomic mass is 10.0. The first-order valence-electron chi connectivity index (χ1n) is 21.7. The highest BCUT2D eigenvalue weighted by molar-refractivity contribution is 6.14. The molecule has 0 saturated heterocycles. The predicted octanol–water partition coefficient (Wildman–Crippen LogP) is 13.2. The van der Waals surface area contributed by atoms with Crippen LogP contribution >= 0.6 is 0 Å². The van der Waals surface area contributed by atoms with E-state index in [0.29, 0.717) is 39.6 Å². The van der Waals surface area contributed by atoms with Crippen molar-refractivity contribution in [3.05, 3.63) is 194 Å². The lowest BCUT2D eigenvalue weighted by Gasteiger charge is -2.13. The van der Waals surface area contributed by atoms with Crippen LogP contribution in [0.1, 0.15) is 9.60 Å². The summed E-state index contributed by atoms with van der Waals surface area (Å²) in [5, 5.41) is 1.84. The Labute approximate surface area is 332 Å². The van der Waals surface area contributed by atoms with Gasteiger partial charge in [0.25, 0.3) is 0 Å². The highest BCUT2D eigenvalue weighted by Crippen LogP contribution is 2.40. The minimum Gasteiger partial charge on any atom is -0.456 e. The molecule has 0 atom stereocenters. The summed E-state index contributed by atoms with van der Waals surface area (Å²) < 4.78 is 72.2. The molecule has 262 valence electrons. The summed E-state index contributed by atoms with van der Waals surface area (Å²) in [6, 6.07) is 45.9. The van der Waals surface area contributed by atoms with E-state index in [4.69, 9.17) is 23.5 Å². The molecule has 0 bridgehead atoms. The van der Waals surface area contributed by atoms with E-state index in [2.05, 4.69) is 0 Å². The Bertz CT molecular complexity index is 3630. The van der Waals surface area contributed by atoms with Gasteiger partial charge in [-0.05, 0) is 58.6 Å². The third kappa shape index (κ3) is 5.37. The van der Waals surface area contributed by atoms with Crippen LogP contribution in [0.5, 0.6) is 0 Å². The fourth-order valence-electron chi connectivity index (χ4n) is 7.48. The van der Waals surface area contributed by atoms with E-state index in [1.165, 1.54) is 0 Å². The van der Waals surface area contributed by atoms with Gasteiger partial charge in [-0.3, -0.25) is 0 Å². The molecule has 3 aromatic heterocycles. The van der Waals surface area contributed by atoms with Crippen LogP contribution < -0.4 is 0 Å². The molecule has 11 aromatic rings. The van der Waals surface area contributed by atoms with E-state index in [0.717, 1.165) is 33.0 Å². The van der Waals surface area contributed by atoms with E-state index in [-0.39, 0.29) is 57.4 Å². The molecule has 11 rings (SSSR count). The normalized spacial score (nSPS) is 13.3. The van der Waals surface area contributed by atoms with Gasteiger partial charge in [-0.1, -0.05) is 152 Å². The molecule has 0 radical (unpaired) electrons. The average molecular weight is 724 g/mol. The summed E-state index contributed by atoms with van der Waals surface area (Å²) in [5.41, 5.74) is 7.38. The Balaban J connectivity index is 1.21. The zero-order valence-electron chi connectivity index (χ0n) is 36.6. The molecule has 3 heterocycles. The topological polar surface area (TPSA) is 56.7 Å². The number of furan rings is 1. The third-order valence-corrected chi connectivity index (χ3v) is 10.2.